The summed E-state index contributed by atoms with van der Waals surface area (Å²) >= 11 is 0. The molecule has 0 fully saturated rings. The molecule has 1 aromatic heterocycles. The van der Waals surface area contributed by atoms with Crippen LogP contribution in [0.15, 0.2) is 41.0 Å². The molecule has 116 valence electrons. The van der Waals surface area contributed by atoms with Crippen molar-refractivity contribution in [3.8, 4) is 5.75 Å². The first-order valence-corrected chi connectivity index (χ1v) is 7.42. The van der Waals surface area contributed by atoms with Crippen molar-refractivity contribution in [1.82, 2.24) is 10.2 Å². The van der Waals surface area contributed by atoms with Gasteiger partial charge >= 0.3 is 0 Å². The van der Waals surface area contributed by atoms with E-state index in [9.17, 15) is 4.79 Å². The fourth-order valence-corrected chi connectivity index (χ4v) is 2.71. The van der Waals surface area contributed by atoms with Gasteiger partial charge in [-0.25, -0.2) is 0 Å². The molecule has 0 bridgehead atoms. The third-order valence-corrected chi connectivity index (χ3v) is 3.91. The summed E-state index contributed by atoms with van der Waals surface area (Å²) in [6.07, 6.45) is 2.57. The van der Waals surface area contributed by atoms with Gasteiger partial charge in [0.2, 0.25) is 5.91 Å². The molecule has 0 atom stereocenters. The Morgan fingerprint density at radius 2 is 2.27 bits per heavy atom. The fraction of sp³-hybridized carbons (Fsp3) is 0.353. The minimum absolute atomic E-state index is 0.0164. The zero-order valence-electron chi connectivity index (χ0n) is 12.7. The van der Waals surface area contributed by atoms with E-state index in [1.54, 1.807) is 13.4 Å². The molecule has 0 saturated carbocycles. The number of nitrogens with one attached hydrogen (secondary N) is 1. The Hall–Kier alpha value is -2.27. The first kappa shape index (κ1) is 14.7. The van der Waals surface area contributed by atoms with E-state index in [4.69, 9.17) is 9.15 Å². The molecule has 1 N–H and O–H groups in total. The highest BCUT2D eigenvalue weighted by Gasteiger charge is 2.18. The summed E-state index contributed by atoms with van der Waals surface area (Å²) < 4.78 is 10.5. The number of amides is 1. The van der Waals surface area contributed by atoms with Gasteiger partial charge in [-0.15, -0.1) is 0 Å². The number of hydrogen-bond acceptors (Lipinski definition) is 4. The Morgan fingerprint density at radius 1 is 1.36 bits per heavy atom. The van der Waals surface area contributed by atoms with E-state index < -0.39 is 0 Å². The van der Waals surface area contributed by atoms with Gasteiger partial charge in [0.1, 0.15) is 11.5 Å². The van der Waals surface area contributed by atoms with E-state index in [-0.39, 0.29) is 5.91 Å². The number of nitrogens with zero attached hydrogens (tertiary/aromatic N) is 1. The number of rotatable bonds is 5. The molecule has 1 aliphatic heterocycles. The molecule has 1 aliphatic rings. The summed E-state index contributed by atoms with van der Waals surface area (Å²) in [5, 5.41) is 2.88. The van der Waals surface area contributed by atoms with Crippen LogP contribution in [0.25, 0.3) is 0 Å². The van der Waals surface area contributed by atoms with Crippen molar-refractivity contribution in [3.05, 3.63) is 53.5 Å². The molecular weight excluding hydrogens is 280 g/mol. The molecule has 2 aromatic rings. The standard InChI is InChI=1S/C17H20N2O3/c1-21-15-5-4-13-6-7-19(11-14(13)9-15)12-17(20)18-10-16-3-2-8-22-16/h2-5,8-9H,6-7,10-12H2,1H3,(H,18,20). The first-order chi connectivity index (χ1) is 10.7. The molecule has 1 aromatic carbocycles. The second-order valence-electron chi connectivity index (χ2n) is 5.45. The second-order valence-corrected chi connectivity index (χ2v) is 5.45. The first-order valence-electron chi connectivity index (χ1n) is 7.42. The number of fused-ring (bicyclic) bond motifs is 1. The van der Waals surface area contributed by atoms with Crippen LogP contribution in [0.2, 0.25) is 0 Å². The van der Waals surface area contributed by atoms with E-state index >= 15 is 0 Å². The van der Waals surface area contributed by atoms with Crippen molar-refractivity contribution in [2.45, 2.75) is 19.5 Å². The molecule has 0 radical (unpaired) electrons. The van der Waals surface area contributed by atoms with Crippen molar-refractivity contribution in [1.29, 1.82) is 0 Å². The lowest BCUT2D eigenvalue weighted by molar-refractivity contribution is -0.122. The molecule has 0 aliphatic carbocycles. The highest BCUT2D eigenvalue weighted by molar-refractivity contribution is 5.78. The van der Waals surface area contributed by atoms with Gasteiger partial charge in [0, 0.05) is 13.1 Å². The van der Waals surface area contributed by atoms with E-state index in [0.29, 0.717) is 13.1 Å². The minimum Gasteiger partial charge on any atom is -0.497 e. The maximum Gasteiger partial charge on any atom is 0.234 e. The van der Waals surface area contributed by atoms with Crippen LogP contribution in [0.5, 0.6) is 5.75 Å². The van der Waals surface area contributed by atoms with Gasteiger partial charge in [-0.1, -0.05) is 6.07 Å². The predicted octanol–water partition coefficient (Wildman–Crippen LogP) is 1.96. The SMILES string of the molecule is COc1ccc2c(c1)CN(CC(=O)NCc1ccco1)CC2. The summed E-state index contributed by atoms with van der Waals surface area (Å²) in [5.74, 6) is 1.65. The van der Waals surface area contributed by atoms with Gasteiger partial charge in [-0.2, -0.15) is 0 Å². The summed E-state index contributed by atoms with van der Waals surface area (Å²) in [4.78, 5) is 14.2. The Labute approximate surface area is 129 Å². The number of hydrogen-bond donors (Lipinski definition) is 1. The number of ether oxygens (including phenoxy) is 1. The van der Waals surface area contributed by atoms with Gasteiger partial charge in [-0.3, -0.25) is 9.69 Å². The lowest BCUT2D eigenvalue weighted by Crippen LogP contribution is -2.39. The third kappa shape index (κ3) is 3.49. The topological polar surface area (TPSA) is 54.7 Å². The summed E-state index contributed by atoms with van der Waals surface area (Å²) in [5.41, 5.74) is 2.58. The predicted molar refractivity (Wildman–Crippen MR) is 82.5 cm³/mol. The van der Waals surface area contributed by atoms with Crippen molar-refractivity contribution in [2.24, 2.45) is 0 Å². The summed E-state index contributed by atoms with van der Waals surface area (Å²) in [7, 11) is 1.67. The Balaban J connectivity index is 1.54. The van der Waals surface area contributed by atoms with E-state index in [1.807, 2.05) is 18.2 Å². The molecule has 22 heavy (non-hydrogen) atoms. The van der Waals surface area contributed by atoms with Crippen LogP contribution in [0.4, 0.5) is 0 Å². The van der Waals surface area contributed by atoms with Gasteiger partial charge in [-0.05, 0) is 41.8 Å². The number of furan rings is 1. The number of carbonyl (C=O) groups excluding carboxylic acids is 1. The molecule has 0 spiro atoms. The molecular formula is C17H20N2O3. The third-order valence-electron chi connectivity index (χ3n) is 3.91. The van der Waals surface area contributed by atoms with Crippen LogP contribution in [0, 0.1) is 0 Å². The average molecular weight is 300 g/mol. The quantitative estimate of drug-likeness (QED) is 0.917. The highest BCUT2D eigenvalue weighted by atomic mass is 16.5. The summed E-state index contributed by atoms with van der Waals surface area (Å²) in [6.45, 7) is 2.51. The van der Waals surface area contributed by atoms with E-state index in [0.717, 1.165) is 31.0 Å². The zero-order valence-corrected chi connectivity index (χ0v) is 12.7. The Morgan fingerprint density at radius 3 is 3.05 bits per heavy atom. The molecule has 5 heteroatoms. The number of methoxy groups -OCH3 is 1. The number of benzene rings is 1. The zero-order chi connectivity index (χ0) is 15.4. The molecule has 0 unspecified atom stereocenters. The molecule has 5 nitrogen and oxygen atoms in total. The number of carbonyl (C=O) groups is 1. The average Bonchev–Trinajstić information content (AvgIpc) is 3.05. The van der Waals surface area contributed by atoms with Crippen LogP contribution in [0.3, 0.4) is 0 Å². The van der Waals surface area contributed by atoms with Crippen molar-refractivity contribution in [2.75, 3.05) is 20.2 Å². The van der Waals surface area contributed by atoms with E-state index in [1.165, 1.54) is 11.1 Å². The van der Waals surface area contributed by atoms with Gasteiger partial charge < -0.3 is 14.5 Å². The maximum absolute atomic E-state index is 12.0. The normalized spacial score (nSPS) is 14.4. The van der Waals surface area contributed by atoms with Gasteiger partial charge in [0.25, 0.3) is 0 Å². The Bertz CT molecular complexity index is 637. The van der Waals surface area contributed by atoms with Crippen molar-refractivity contribution in [3.63, 3.8) is 0 Å². The molecule has 1 amide bonds. The maximum atomic E-state index is 12.0. The van der Waals surface area contributed by atoms with Gasteiger partial charge in [0.15, 0.2) is 0 Å². The van der Waals surface area contributed by atoms with Crippen molar-refractivity contribution >= 4 is 5.91 Å². The summed E-state index contributed by atoms with van der Waals surface area (Å²) in [6, 6.07) is 9.83. The molecule has 3 rings (SSSR count). The van der Waals surface area contributed by atoms with Crippen LogP contribution in [0.1, 0.15) is 16.9 Å². The van der Waals surface area contributed by atoms with Crippen molar-refractivity contribution < 1.29 is 13.9 Å². The largest absolute Gasteiger partial charge is 0.497 e. The van der Waals surface area contributed by atoms with Crippen LogP contribution in [-0.4, -0.2) is 31.0 Å². The lowest BCUT2D eigenvalue weighted by atomic mass is 9.99. The minimum atomic E-state index is 0.0164. The van der Waals surface area contributed by atoms with Crippen LogP contribution >= 0.6 is 0 Å². The smallest absolute Gasteiger partial charge is 0.234 e. The monoisotopic (exact) mass is 300 g/mol. The second kappa shape index (κ2) is 6.66. The van der Waals surface area contributed by atoms with E-state index in [2.05, 4.69) is 22.3 Å². The molecule has 2 heterocycles. The van der Waals surface area contributed by atoms with Crippen LogP contribution in [-0.2, 0) is 24.3 Å². The lowest BCUT2D eigenvalue weighted by Gasteiger charge is -2.28. The Kier molecular flexibility index (Phi) is 4.44. The molecule has 0 saturated heterocycles. The van der Waals surface area contributed by atoms with Gasteiger partial charge in [0.05, 0.1) is 26.5 Å². The van der Waals surface area contributed by atoms with Crippen LogP contribution < -0.4 is 10.1 Å². The highest BCUT2D eigenvalue weighted by Crippen LogP contribution is 2.23. The fourth-order valence-electron chi connectivity index (χ4n) is 2.71.